The van der Waals surface area contributed by atoms with Gasteiger partial charge in [0, 0.05) is 23.2 Å². The van der Waals surface area contributed by atoms with Crippen LogP contribution in [-0.2, 0) is 0 Å². The van der Waals surface area contributed by atoms with Crippen LogP contribution in [0.3, 0.4) is 0 Å². The molecule has 0 bridgehead atoms. The zero-order valence-corrected chi connectivity index (χ0v) is 11.0. The van der Waals surface area contributed by atoms with E-state index in [4.69, 9.17) is 0 Å². The third-order valence-corrected chi connectivity index (χ3v) is 4.36. The van der Waals surface area contributed by atoms with Crippen LogP contribution in [-0.4, -0.2) is 35.6 Å². The Morgan fingerprint density at radius 1 is 1.56 bits per heavy atom. The molecule has 0 aliphatic carbocycles. The van der Waals surface area contributed by atoms with Gasteiger partial charge in [0.15, 0.2) is 0 Å². The summed E-state index contributed by atoms with van der Waals surface area (Å²) in [5, 5.41) is 3.71. The molecular formula is C12H21N3S. The van der Waals surface area contributed by atoms with Gasteiger partial charge in [0.05, 0.1) is 5.51 Å². The summed E-state index contributed by atoms with van der Waals surface area (Å²) in [5.41, 5.74) is 1.91. The number of piperidine rings is 1. The normalized spacial score (nSPS) is 21.1. The van der Waals surface area contributed by atoms with E-state index in [-0.39, 0.29) is 0 Å². The topological polar surface area (TPSA) is 28.2 Å². The summed E-state index contributed by atoms with van der Waals surface area (Å²) in [5.74, 6) is 0. The van der Waals surface area contributed by atoms with Gasteiger partial charge in [-0.25, -0.2) is 0 Å². The number of likely N-dealkylation sites (tertiary alicyclic amines) is 1. The number of nitrogens with zero attached hydrogens (tertiary/aromatic N) is 2. The van der Waals surface area contributed by atoms with Crippen molar-refractivity contribution < 1.29 is 0 Å². The second-order valence-electron chi connectivity index (χ2n) is 4.50. The molecule has 3 nitrogen and oxygen atoms in total. The summed E-state index contributed by atoms with van der Waals surface area (Å²) in [4.78, 5) is 8.00. The molecule has 1 unspecified atom stereocenters. The van der Waals surface area contributed by atoms with Gasteiger partial charge in [-0.1, -0.05) is 6.92 Å². The first-order valence-electron chi connectivity index (χ1n) is 6.16. The zero-order chi connectivity index (χ0) is 11.4. The van der Waals surface area contributed by atoms with Crippen molar-refractivity contribution in [2.45, 2.75) is 38.8 Å². The van der Waals surface area contributed by atoms with Crippen LogP contribution in [0, 0.1) is 0 Å². The predicted molar refractivity (Wildman–Crippen MR) is 68.8 cm³/mol. The zero-order valence-electron chi connectivity index (χ0n) is 10.1. The third-order valence-electron chi connectivity index (χ3n) is 3.40. The standard InChI is InChI=1S/C12H21N3S/c1-3-15-6-4-11(5-7-15)14-10(2)12-8-13-9-16-12/h8-11,14H,3-7H2,1-2H3. The summed E-state index contributed by atoms with van der Waals surface area (Å²) in [6.07, 6.45) is 4.53. The van der Waals surface area contributed by atoms with Gasteiger partial charge in [0.25, 0.3) is 0 Å². The molecule has 1 aliphatic heterocycles. The van der Waals surface area contributed by atoms with Gasteiger partial charge < -0.3 is 10.2 Å². The number of hydrogen-bond acceptors (Lipinski definition) is 4. The van der Waals surface area contributed by atoms with Gasteiger partial charge in [-0.15, -0.1) is 11.3 Å². The summed E-state index contributed by atoms with van der Waals surface area (Å²) in [7, 11) is 0. The Hall–Kier alpha value is -0.450. The van der Waals surface area contributed by atoms with E-state index in [1.54, 1.807) is 11.3 Å². The molecule has 0 radical (unpaired) electrons. The fourth-order valence-corrected chi connectivity index (χ4v) is 2.93. The highest BCUT2D eigenvalue weighted by atomic mass is 32.1. The molecule has 1 aromatic heterocycles. The Labute approximate surface area is 102 Å². The van der Waals surface area contributed by atoms with Crippen LogP contribution in [0.2, 0.25) is 0 Å². The predicted octanol–water partition coefficient (Wildman–Crippen LogP) is 2.28. The van der Waals surface area contributed by atoms with E-state index in [1.165, 1.54) is 37.4 Å². The summed E-state index contributed by atoms with van der Waals surface area (Å²) in [6, 6.07) is 1.13. The molecule has 0 saturated carbocycles. The smallest absolute Gasteiger partial charge is 0.0794 e. The molecule has 1 saturated heterocycles. The number of rotatable bonds is 4. The Kier molecular flexibility index (Phi) is 4.32. The minimum atomic E-state index is 0.450. The SMILES string of the molecule is CCN1CCC(NC(C)c2cncs2)CC1. The van der Waals surface area contributed by atoms with E-state index in [0.29, 0.717) is 12.1 Å². The van der Waals surface area contributed by atoms with Crippen molar-refractivity contribution in [2.24, 2.45) is 0 Å². The van der Waals surface area contributed by atoms with Gasteiger partial charge in [0.2, 0.25) is 0 Å². The average molecular weight is 239 g/mol. The van der Waals surface area contributed by atoms with Gasteiger partial charge >= 0.3 is 0 Å². The molecule has 1 atom stereocenters. The highest BCUT2D eigenvalue weighted by Gasteiger charge is 2.20. The van der Waals surface area contributed by atoms with Crippen molar-refractivity contribution in [2.75, 3.05) is 19.6 Å². The fraction of sp³-hybridized carbons (Fsp3) is 0.750. The highest BCUT2D eigenvalue weighted by molar-refractivity contribution is 7.09. The maximum atomic E-state index is 4.13. The molecule has 2 heterocycles. The van der Waals surface area contributed by atoms with E-state index in [2.05, 4.69) is 29.0 Å². The first-order chi connectivity index (χ1) is 7.79. The van der Waals surface area contributed by atoms with Crippen molar-refractivity contribution in [3.05, 3.63) is 16.6 Å². The molecule has 1 fully saturated rings. The Morgan fingerprint density at radius 3 is 2.88 bits per heavy atom. The molecule has 1 aliphatic rings. The Morgan fingerprint density at radius 2 is 2.31 bits per heavy atom. The van der Waals surface area contributed by atoms with Crippen LogP contribution < -0.4 is 5.32 Å². The number of hydrogen-bond donors (Lipinski definition) is 1. The fourth-order valence-electron chi connectivity index (χ4n) is 2.29. The lowest BCUT2D eigenvalue weighted by atomic mass is 10.0. The number of aromatic nitrogens is 1. The largest absolute Gasteiger partial charge is 0.307 e. The van der Waals surface area contributed by atoms with E-state index >= 15 is 0 Å². The number of thiazole rings is 1. The van der Waals surface area contributed by atoms with Gasteiger partial charge in [-0.3, -0.25) is 4.98 Å². The number of nitrogens with one attached hydrogen (secondary N) is 1. The van der Waals surface area contributed by atoms with E-state index in [0.717, 1.165) is 0 Å². The minimum absolute atomic E-state index is 0.450. The molecule has 2 rings (SSSR count). The monoisotopic (exact) mass is 239 g/mol. The molecular weight excluding hydrogens is 218 g/mol. The second kappa shape index (κ2) is 5.75. The highest BCUT2D eigenvalue weighted by Crippen LogP contribution is 2.19. The lowest BCUT2D eigenvalue weighted by Gasteiger charge is -2.33. The van der Waals surface area contributed by atoms with Crippen molar-refractivity contribution >= 4 is 11.3 Å². The lowest BCUT2D eigenvalue weighted by molar-refractivity contribution is 0.200. The summed E-state index contributed by atoms with van der Waals surface area (Å²) < 4.78 is 0. The third kappa shape index (κ3) is 3.03. The van der Waals surface area contributed by atoms with E-state index in [1.807, 2.05) is 11.7 Å². The Balaban J connectivity index is 1.78. The van der Waals surface area contributed by atoms with Crippen LogP contribution in [0.5, 0.6) is 0 Å². The molecule has 0 amide bonds. The molecule has 0 aromatic carbocycles. The van der Waals surface area contributed by atoms with Crippen molar-refractivity contribution in [3.8, 4) is 0 Å². The van der Waals surface area contributed by atoms with Crippen molar-refractivity contribution in [1.82, 2.24) is 15.2 Å². The van der Waals surface area contributed by atoms with Gasteiger partial charge in [-0.2, -0.15) is 0 Å². The molecule has 4 heteroatoms. The van der Waals surface area contributed by atoms with E-state index < -0.39 is 0 Å². The first kappa shape index (κ1) is 12.0. The Bertz CT molecular complexity index is 291. The molecule has 1 aromatic rings. The summed E-state index contributed by atoms with van der Waals surface area (Å²) in [6.45, 7) is 8.15. The molecule has 0 spiro atoms. The second-order valence-corrected chi connectivity index (χ2v) is 5.42. The van der Waals surface area contributed by atoms with Crippen LogP contribution in [0.4, 0.5) is 0 Å². The summed E-state index contributed by atoms with van der Waals surface area (Å²) >= 11 is 1.74. The van der Waals surface area contributed by atoms with E-state index in [9.17, 15) is 0 Å². The quantitative estimate of drug-likeness (QED) is 0.873. The average Bonchev–Trinajstić information content (AvgIpc) is 2.83. The molecule has 1 N–H and O–H groups in total. The van der Waals surface area contributed by atoms with Crippen molar-refractivity contribution in [1.29, 1.82) is 0 Å². The van der Waals surface area contributed by atoms with Crippen LogP contribution >= 0.6 is 11.3 Å². The molecule has 16 heavy (non-hydrogen) atoms. The lowest BCUT2D eigenvalue weighted by Crippen LogP contribution is -2.42. The van der Waals surface area contributed by atoms with Crippen LogP contribution in [0.1, 0.15) is 37.6 Å². The maximum absolute atomic E-state index is 4.13. The minimum Gasteiger partial charge on any atom is -0.307 e. The van der Waals surface area contributed by atoms with Crippen LogP contribution in [0.15, 0.2) is 11.7 Å². The maximum Gasteiger partial charge on any atom is 0.0794 e. The first-order valence-corrected chi connectivity index (χ1v) is 7.04. The van der Waals surface area contributed by atoms with Gasteiger partial charge in [-0.05, 0) is 39.4 Å². The van der Waals surface area contributed by atoms with Gasteiger partial charge in [0.1, 0.15) is 0 Å². The van der Waals surface area contributed by atoms with Crippen molar-refractivity contribution in [3.63, 3.8) is 0 Å². The van der Waals surface area contributed by atoms with Crippen LogP contribution in [0.25, 0.3) is 0 Å². The molecule has 90 valence electrons.